The fourth-order valence-electron chi connectivity index (χ4n) is 5.06. The second-order valence-electron chi connectivity index (χ2n) is 8.67. The Morgan fingerprint density at radius 1 is 1.00 bits per heavy atom. The van der Waals surface area contributed by atoms with E-state index in [-0.39, 0.29) is 0 Å². The molecule has 0 spiro atoms. The lowest BCUT2D eigenvalue weighted by atomic mass is 9.83. The number of carbonyl (C=O) groups is 1. The average molecular weight is 309 g/mol. The minimum atomic E-state index is -0.603. The molecule has 2 heteroatoms. The zero-order valence-corrected chi connectivity index (χ0v) is 14.9. The summed E-state index contributed by atoms with van der Waals surface area (Å²) < 4.78 is 0. The average Bonchev–Trinajstić information content (AvgIpc) is 3.05. The van der Waals surface area contributed by atoms with Gasteiger partial charge in [0.05, 0.1) is 0 Å². The van der Waals surface area contributed by atoms with Crippen molar-refractivity contribution in [2.75, 3.05) is 0 Å². The molecule has 22 heavy (non-hydrogen) atoms. The van der Waals surface area contributed by atoms with Crippen molar-refractivity contribution in [1.82, 2.24) is 0 Å². The molecule has 2 rings (SSSR count). The minimum Gasteiger partial charge on any atom is -0.481 e. The van der Waals surface area contributed by atoms with Crippen molar-refractivity contribution in [3.8, 4) is 0 Å². The summed E-state index contributed by atoms with van der Waals surface area (Å²) in [6.45, 7) is 7.11. The normalized spacial score (nSPS) is 33.5. The van der Waals surface area contributed by atoms with Crippen molar-refractivity contribution < 1.29 is 9.90 Å². The van der Waals surface area contributed by atoms with Crippen LogP contribution in [0.3, 0.4) is 0 Å². The van der Waals surface area contributed by atoms with Crippen LogP contribution in [0.2, 0.25) is 0 Å². The third-order valence-corrected chi connectivity index (χ3v) is 6.47. The summed E-state index contributed by atoms with van der Waals surface area (Å²) in [5.41, 5.74) is 0. The van der Waals surface area contributed by atoms with Gasteiger partial charge in [0, 0.05) is 6.42 Å². The lowest BCUT2D eigenvalue weighted by molar-refractivity contribution is -0.138. The number of hydrogen-bond donors (Lipinski definition) is 1. The predicted octanol–water partition coefficient (Wildman–Crippen LogP) is 5.76. The standard InChI is InChI=1S/C20H36O2/c1-14(2)5-4-6-15(3)17-9-10-19(13-17)18-8-7-16(11-18)12-20(21)22/h14-19H,4-13H2,1-3H3,(H,21,22). The fourth-order valence-corrected chi connectivity index (χ4v) is 5.06. The largest absolute Gasteiger partial charge is 0.481 e. The van der Waals surface area contributed by atoms with Gasteiger partial charge < -0.3 is 5.11 Å². The molecule has 0 heterocycles. The maximum Gasteiger partial charge on any atom is 0.303 e. The van der Waals surface area contributed by atoms with Gasteiger partial charge in [-0.25, -0.2) is 0 Å². The van der Waals surface area contributed by atoms with Crippen LogP contribution >= 0.6 is 0 Å². The molecule has 0 aromatic carbocycles. The van der Waals surface area contributed by atoms with Crippen molar-refractivity contribution in [2.45, 2.75) is 85.0 Å². The van der Waals surface area contributed by atoms with E-state index in [1.54, 1.807) is 0 Å². The van der Waals surface area contributed by atoms with Crippen LogP contribution in [0.5, 0.6) is 0 Å². The quantitative estimate of drug-likeness (QED) is 0.619. The molecule has 128 valence electrons. The number of carboxylic acid groups (broad SMARTS) is 1. The molecule has 2 aliphatic carbocycles. The first kappa shape index (κ1) is 17.8. The fraction of sp³-hybridized carbons (Fsp3) is 0.950. The highest BCUT2D eigenvalue weighted by atomic mass is 16.4. The Bertz CT molecular complexity index is 350. The molecule has 0 radical (unpaired) electrons. The van der Waals surface area contributed by atoms with Gasteiger partial charge in [0.15, 0.2) is 0 Å². The molecule has 2 nitrogen and oxygen atoms in total. The van der Waals surface area contributed by atoms with Gasteiger partial charge in [0.2, 0.25) is 0 Å². The van der Waals surface area contributed by atoms with Crippen LogP contribution in [-0.2, 0) is 4.79 Å². The highest BCUT2D eigenvalue weighted by Crippen LogP contribution is 2.47. The lowest BCUT2D eigenvalue weighted by Crippen LogP contribution is -2.13. The maximum absolute atomic E-state index is 10.9. The van der Waals surface area contributed by atoms with Crippen LogP contribution < -0.4 is 0 Å². The molecule has 0 aromatic rings. The van der Waals surface area contributed by atoms with Gasteiger partial charge in [0.1, 0.15) is 0 Å². The molecule has 5 atom stereocenters. The highest BCUT2D eigenvalue weighted by molar-refractivity contribution is 5.67. The molecule has 2 fully saturated rings. The maximum atomic E-state index is 10.9. The second-order valence-corrected chi connectivity index (χ2v) is 8.67. The first-order chi connectivity index (χ1) is 10.5. The van der Waals surface area contributed by atoms with Crippen molar-refractivity contribution in [3.63, 3.8) is 0 Å². The van der Waals surface area contributed by atoms with Gasteiger partial charge in [-0.3, -0.25) is 4.79 Å². The van der Waals surface area contributed by atoms with Gasteiger partial charge in [-0.05, 0) is 74.0 Å². The number of hydrogen-bond acceptors (Lipinski definition) is 1. The van der Waals surface area contributed by atoms with E-state index in [4.69, 9.17) is 5.11 Å². The van der Waals surface area contributed by atoms with Crippen LogP contribution in [0, 0.1) is 35.5 Å². The molecule has 0 bridgehead atoms. The summed E-state index contributed by atoms with van der Waals surface area (Å²) in [4.78, 5) is 10.9. The zero-order chi connectivity index (χ0) is 16.1. The van der Waals surface area contributed by atoms with E-state index in [1.165, 1.54) is 51.4 Å². The van der Waals surface area contributed by atoms with Crippen molar-refractivity contribution in [3.05, 3.63) is 0 Å². The van der Waals surface area contributed by atoms with Crippen LogP contribution in [0.25, 0.3) is 0 Å². The highest BCUT2D eigenvalue weighted by Gasteiger charge is 2.37. The van der Waals surface area contributed by atoms with Crippen molar-refractivity contribution >= 4 is 5.97 Å². The molecule has 2 aliphatic rings. The van der Waals surface area contributed by atoms with E-state index in [9.17, 15) is 4.79 Å². The number of aliphatic carboxylic acids is 1. The summed E-state index contributed by atoms with van der Waals surface area (Å²) in [5.74, 6) is 4.26. The van der Waals surface area contributed by atoms with Gasteiger partial charge >= 0.3 is 5.97 Å². The summed E-state index contributed by atoms with van der Waals surface area (Å²) in [6, 6.07) is 0. The van der Waals surface area contributed by atoms with E-state index >= 15 is 0 Å². The molecule has 0 amide bonds. The van der Waals surface area contributed by atoms with Crippen LogP contribution in [0.4, 0.5) is 0 Å². The van der Waals surface area contributed by atoms with Gasteiger partial charge in [-0.1, -0.05) is 40.0 Å². The van der Waals surface area contributed by atoms with Gasteiger partial charge in [-0.2, -0.15) is 0 Å². The molecule has 0 aromatic heterocycles. The molecular formula is C20H36O2. The predicted molar refractivity (Wildman–Crippen MR) is 91.8 cm³/mol. The molecule has 2 saturated carbocycles. The molecular weight excluding hydrogens is 272 g/mol. The summed E-state index contributed by atoms with van der Waals surface area (Å²) in [7, 11) is 0. The summed E-state index contributed by atoms with van der Waals surface area (Å²) in [5, 5.41) is 8.96. The monoisotopic (exact) mass is 308 g/mol. The van der Waals surface area contributed by atoms with E-state index in [2.05, 4.69) is 20.8 Å². The Labute approximate surface area is 137 Å². The molecule has 1 N–H and O–H groups in total. The first-order valence-corrected chi connectivity index (χ1v) is 9.67. The van der Waals surface area contributed by atoms with E-state index < -0.39 is 5.97 Å². The minimum absolute atomic E-state index is 0.401. The SMILES string of the molecule is CC(C)CCCC(C)C1CCC(C2CCC(CC(=O)O)C2)C1. The number of carboxylic acids is 1. The Balaban J connectivity index is 1.70. The zero-order valence-electron chi connectivity index (χ0n) is 14.9. The smallest absolute Gasteiger partial charge is 0.303 e. The van der Waals surface area contributed by atoms with E-state index in [0.717, 1.165) is 36.0 Å². The van der Waals surface area contributed by atoms with Gasteiger partial charge in [0.25, 0.3) is 0 Å². The Morgan fingerprint density at radius 3 is 2.36 bits per heavy atom. The van der Waals surface area contributed by atoms with E-state index in [1.807, 2.05) is 0 Å². The Morgan fingerprint density at radius 2 is 1.68 bits per heavy atom. The first-order valence-electron chi connectivity index (χ1n) is 9.67. The Kier molecular flexibility index (Phi) is 6.77. The molecule has 5 unspecified atom stereocenters. The van der Waals surface area contributed by atoms with E-state index in [0.29, 0.717) is 12.3 Å². The third kappa shape index (κ3) is 5.28. The molecule has 0 saturated heterocycles. The third-order valence-electron chi connectivity index (χ3n) is 6.47. The summed E-state index contributed by atoms with van der Waals surface area (Å²) >= 11 is 0. The van der Waals surface area contributed by atoms with Crippen molar-refractivity contribution in [2.24, 2.45) is 35.5 Å². The van der Waals surface area contributed by atoms with Crippen LogP contribution in [-0.4, -0.2) is 11.1 Å². The Hall–Kier alpha value is -0.530. The number of rotatable bonds is 8. The van der Waals surface area contributed by atoms with Crippen LogP contribution in [0.1, 0.15) is 85.0 Å². The topological polar surface area (TPSA) is 37.3 Å². The van der Waals surface area contributed by atoms with Crippen LogP contribution in [0.15, 0.2) is 0 Å². The lowest BCUT2D eigenvalue weighted by Gasteiger charge is -2.22. The molecule has 0 aliphatic heterocycles. The summed E-state index contributed by atoms with van der Waals surface area (Å²) in [6.07, 6.45) is 12.5. The van der Waals surface area contributed by atoms with Crippen molar-refractivity contribution in [1.29, 1.82) is 0 Å². The van der Waals surface area contributed by atoms with Gasteiger partial charge in [-0.15, -0.1) is 0 Å². The second kappa shape index (κ2) is 8.36.